The SMILES string of the molecule is CCCNC1CCOCC1SCC(=O)OC(C)(C)C. The van der Waals surface area contributed by atoms with Crippen LogP contribution >= 0.6 is 11.8 Å². The van der Waals surface area contributed by atoms with E-state index in [0.29, 0.717) is 17.0 Å². The molecule has 1 aliphatic heterocycles. The van der Waals surface area contributed by atoms with Crippen LogP contribution in [0.15, 0.2) is 0 Å². The number of carbonyl (C=O) groups is 1. The lowest BCUT2D eigenvalue weighted by atomic mass is 10.1. The van der Waals surface area contributed by atoms with Gasteiger partial charge in [-0.3, -0.25) is 4.79 Å². The van der Waals surface area contributed by atoms with Crippen molar-refractivity contribution >= 4 is 17.7 Å². The number of hydrogen-bond donors (Lipinski definition) is 1. The van der Waals surface area contributed by atoms with Crippen molar-refractivity contribution in [2.45, 2.75) is 57.4 Å². The summed E-state index contributed by atoms with van der Waals surface area (Å²) in [7, 11) is 0. The lowest BCUT2D eigenvalue weighted by molar-refractivity contribution is -0.151. The van der Waals surface area contributed by atoms with Crippen molar-refractivity contribution in [3.63, 3.8) is 0 Å². The summed E-state index contributed by atoms with van der Waals surface area (Å²) >= 11 is 1.64. The van der Waals surface area contributed by atoms with E-state index in [-0.39, 0.29) is 5.97 Å². The molecule has 1 saturated heterocycles. The molecule has 0 bridgehead atoms. The number of carbonyl (C=O) groups excluding carboxylic acids is 1. The molecule has 0 aromatic rings. The van der Waals surface area contributed by atoms with Gasteiger partial charge in [-0.05, 0) is 40.2 Å². The van der Waals surface area contributed by atoms with Gasteiger partial charge in [-0.2, -0.15) is 0 Å². The van der Waals surface area contributed by atoms with Gasteiger partial charge in [0.1, 0.15) is 5.60 Å². The van der Waals surface area contributed by atoms with Crippen molar-refractivity contribution in [2.24, 2.45) is 0 Å². The molecule has 2 atom stereocenters. The molecule has 4 nitrogen and oxygen atoms in total. The Morgan fingerprint density at radius 1 is 1.47 bits per heavy atom. The van der Waals surface area contributed by atoms with Crippen molar-refractivity contribution in [2.75, 3.05) is 25.5 Å². The minimum atomic E-state index is -0.402. The van der Waals surface area contributed by atoms with Gasteiger partial charge < -0.3 is 14.8 Å². The Kier molecular flexibility index (Phi) is 7.18. The topological polar surface area (TPSA) is 47.6 Å². The van der Waals surface area contributed by atoms with Crippen LogP contribution in [0, 0.1) is 0 Å². The Morgan fingerprint density at radius 3 is 2.84 bits per heavy atom. The molecule has 5 heteroatoms. The molecule has 0 aromatic heterocycles. The van der Waals surface area contributed by atoms with Crippen LogP contribution in [-0.2, 0) is 14.3 Å². The molecule has 0 spiro atoms. The van der Waals surface area contributed by atoms with Gasteiger partial charge >= 0.3 is 5.97 Å². The first-order valence-electron chi connectivity index (χ1n) is 7.07. The van der Waals surface area contributed by atoms with Crippen molar-refractivity contribution < 1.29 is 14.3 Å². The molecule has 2 unspecified atom stereocenters. The Bertz CT molecular complexity index is 278. The zero-order valence-corrected chi connectivity index (χ0v) is 13.3. The molecule has 0 amide bonds. The largest absolute Gasteiger partial charge is 0.459 e. The Morgan fingerprint density at radius 2 is 2.21 bits per heavy atom. The standard InChI is InChI=1S/C14H27NO3S/c1-5-7-15-11-6-8-17-9-12(11)19-10-13(16)18-14(2,3)4/h11-12,15H,5-10H2,1-4H3. The third-order valence-corrected chi connectivity index (χ3v) is 4.09. The van der Waals surface area contributed by atoms with E-state index < -0.39 is 5.60 Å². The summed E-state index contributed by atoms with van der Waals surface area (Å²) in [6.45, 7) is 10.4. The molecule has 0 aromatic carbocycles. The average Bonchev–Trinajstić information content (AvgIpc) is 2.32. The van der Waals surface area contributed by atoms with Gasteiger partial charge in [-0.25, -0.2) is 0 Å². The van der Waals surface area contributed by atoms with Crippen molar-refractivity contribution in [3.8, 4) is 0 Å². The lowest BCUT2D eigenvalue weighted by Gasteiger charge is -2.32. The molecule has 0 saturated carbocycles. The number of thioether (sulfide) groups is 1. The fourth-order valence-electron chi connectivity index (χ4n) is 1.99. The second kappa shape index (κ2) is 8.12. The first-order chi connectivity index (χ1) is 8.92. The van der Waals surface area contributed by atoms with Crippen LogP contribution in [0.2, 0.25) is 0 Å². The summed E-state index contributed by atoms with van der Waals surface area (Å²) in [4.78, 5) is 11.7. The van der Waals surface area contributed by atoms with Crippen LogP contribution in [0.4, 0.5) is 0 Å². The predicted molar refractivity (Wildman–Crippen MR) is 79.6 cm³/mol. The minimum absolute atomic E-state index is 0.141. The first kappa shape index (κ1) is 16.8. The van der Waals surface area contributed by atoms with Crippen molar-refractivity contribution in [1.29, 1.82) is 0 Å². The smallest absolute Gasteiger partial charge is 0.316 e. The van der Waals surface area contributed by atoms with E-state index in [2.05, 4.69) is 12.2 Å². The van der Waals surface area contributed by atoms with Crippen LogP contribution in [0.3, 0.4) is 0 Å². The molecule has 112 valence electrons. The molecule has 0 aliphatic carbocycles. The highest BCUT2D eigenvalue weighted by molar-refractivity contribution is 8.00. The summed E-state index contributed by atoms with van der Waals surface area (Å²) in [6.07, 6.45) is 2.15. The van der Waals surface area contributed by atoms with Crippen molar-refractivity contribution in [1.82, 2.24) is 5.32 Å². The van der Waals surface area contributed by atoms with Gasteiger partial charge in [0.05, 0.1) is 12.4 Å². The van der Waals surface area contributed by atoms with E-state index in [1.807, 2.05) is 20.8 Å². The molecule has 1 fully saturated rings. The van der Waals surface area contributed by atoms with E-state index in [1.54, 1.807) is 11.8 Å². The van der Waals surface area contributed by atoms with Crippen LogP contribution in [0.1, 0.15) is 40.5 Å². The summed E-state index contributed by atoms with van der Waals surface area (Å²) in [5.74, 6) is 0.257. The highest BCUT2D eigenvalue weighted by atomic mass is 32.2. The second-order valence-electron chi connectivity index (χ2n) is 5.86. The molecular formula is C14H27NO3S. The average molecular weight is 289 g/mol. The van der Waals surface area contributed by atoms with E-state index in [1.165, 1.54) is 0 Å². The summed E-state index contributed by atoms with van der Waals surface area (Å²) < 4.78 is 10.8. The van der Waals surface area contributed by atoms with Crippen LogP contribution in [0.25, 0.3) is 0 Å². The van der Waals surface area contributed by atoms with E-state index in [9.17, 15) is 4.79 Å². The molecule has 1 heterocycles. The summed E-state index contributed by atoms with van der Waals surface area (Å²) in [5, 5.41) is 3.88. The zero-order valence-electron chi connectivity index (χ0n) is 12.5. The summed E-state index contributed by atoms with van der Waals surface area (Å²) in [6, 6.07) is 0.445. The van der Waals surface area contributed by atoms with Gasteiger partial charge in [-0.1, -0.05) is 6.92 Å². The molecule has 1 rings (SSSR count). The number of nitrogens with one attached hydrogen (secondary N) is 1. The first-order valence-corrected chi connectivity index (χ1v) is 8.12. The number of esters is 1. The van der Waals surface area contributed by atoms with E-state index in [0.717, 1.165) is 32.6 Å². The lowest BCUT2D eigenvalue weighted by Crippen LogP contribution is -2.45. The molecule has 1 N–H and O–H groups in total. The number of rotatable bonds is 6. The fraction of sp³-hybridized carbons (Fsp3) is 0.929. The van der Waals surface area contributed by atoms with Gasteiger partial charge in [0.15, 0.2) is 0 Å². The monoisotopic (exact) mass is 289 g/mol. The van der Waals surface area contributed by atoms with Gasteiger partial charge in [0.2, 0.25) is 0 Å². The molecule has 0 radical (unpaired) electrons. The third-order valence-electron chi connectivity index (χ3n) is 2.80. The Labute approximate surface area is 121 Å². The van der Waals surface area contributed by atoms with E-state index in [4.69, 9.17) is 9.47 Å². The minimum Gasteiger partial charge on any atom is -0.459 e. The Hall–Kier alpha value is -0.260. The van der Waals surface area contributed by atoms with Gasteiger partial charge in [0, 0.05) is 17.9 Å². The number of hydrogen-bond acceptors (Lipinski definition) is 5. The summed E-state index contributed by atoms with van der Waals surface area (Å²) in [5.41, 5.74) is -0.402. The van der Waals surface area contributed by atoms with Crippen LogP contribution in [0.5, 0.6) is 0 Å². The highest BCUT2D eigenvalue weighted by Gasteiger charge is 2.27. The maximum Gasteiger partial charge on any atom is 0.316 e. The second-order valence-corrected chi connectivity index (χ2v) is 7.09. The quantitative estimate of drug-likeness (QED) is 0.760. The van der Waals surface area contributed by atoms with Crippen LogP contribution in [-0.4, -0.2) is 48.4 Å². The van der Waals surface area contributed by atoms with Crippen molar-refractivity contribution in [3.05, 3.63) is 0 Å². The van der Waals surface area contributed by atoms with Gasteiger partial charge in [-0.15, -0.1) is 11.8 Å². The third kappa shape index (κ3) is 7.18. The predicted octanol–water partition coefficient (Wildman–Crippen LogP) is 2.22. The highest BCUT2D eigenvalue weighted by Crippen LogP contribution is 2.22. The van der Waals surface area contributed by atoms with E-state index >= 15 is 0 Å². The van der Waals surface area contributed by atoms with Crippen LogP contribution < -0.4 is 5.32 Å². The van der Waals surface area contributed by atoms with Gasteiger partial charge in [0.25, 0.3) is 0 Å². The Balaban J connectivity index is 2.34. The fourth-order valence-corrected chi connectivity index (χ4v) is 3.05. The maximum absolute atomic E-state index is 11.7. The zero-order chi connectivity index (χ0) is 14.3. The number of ether oxygens (including phenoxy) is 2. The normalized spacial score (nSPS) is 24.2. The molecular weight excluding hydrogens is 262 g/mol. The molecule has 1 aliphatic rings. The molecule has 19 heavy (non-hydrogen) atoms. The maximum atomic E-state index is 11.7.